The van der Waals surface area contributed by atoms with Crippen molar-refractivity contribution in [3.8, 4) is 0 Å². The molecule has 1 unspecified atom stereocenters. The average molecular weight is 262 g/mol. The molecule has 0 bridgehead atoms. The molecule has 1 heterocycles. The highest BCUT2D eigenvalue weighted by atomic mass is 16.4. The van der Waals surface area contributed by atoms with E-state index in [4.69, 9.17) is 9.52 Å². The highest BCUT2D eigenvalue weighted by Crippen LogP contribution is 2.14. The van der Waals surface area contributed by atoms with Gasteiger partial charge in [0.1, 0.15) is 5.52 Å². The van der Waals surface area contributed by atoms with E-state index in [1.807, 2.05) is 6.07 Å². The number of hydrogen-bond acceptors (Lipinski definition) is 4. The quantitative estimate of drug-likeness (QED) is 0.852. The summed E-state index contributed by atoms with van der Waals surface area (Å²) >= 11 is 0. The van der Waals surface area contributed by atoms with Gasteiger partial charge in [0.05, 0.1) is 5.92 Å². The Kier molecular flexibility index (Phi) is 3.79. The Bertz CT molecular complexity index is 605. The molecule has 1 amide bonds. The first-order valence-electron chi connectivity index (χ1n) is 5.88. The van der Waals surface area contributed by atoms with Gasteiger partial charge >= 0.3 is 5.97 Å². The molecule has 1 aromatic heterocycles. The maximum atomic E-state index is 11.5. The number of hydrogen-bond donors (Lipinski definition) is 2. The van der Waals surface area contributed by atoms with Crippen molar-refractivity contribution in [2.75, 3.05) is 0 Å². The fourth-order valence-electron chi connectivity index (χ4n) is 1.65. The van der Waals surface area contributed by atoms with Gasteiger partial charge < -0.3 is 14.8 Å². The van der Waals surface area contributed by atoms with E-state index in [0.717, 1.165) is 11.1 Å². The number of fused-ring (bicyclic) bond motifs is 1. The molecule has 0 saturated heterocycles. The first kappa shape index (κ1) is 13.1. The first-order chi connectivity index (χ1) is 9.06. The number of benzene rings is 1. The summed E-state index contributed by atoms with van der Waals surface area (Å²) in [5.74, 6) is -1.94. The van der Waals surface area contributed by atoms with Crippen LogP contribution in [-0.2, 0) is 16.1 Å². The fraction of sp³-hybridized carbons (Fsp3) is 0.308. The Morgan fingerprint density at radius 2 is 2.26 bits per heavy atom. The molecule has 0 fully saturated rings. The topological polar surface area (TPSA) is 92.4 Å². The number of aliphatic carboxylic acids is 1. The van der Waals surface area contributed by atoms with Crippen molar-refractivity contribution < 1.29 is 19.1 Å². The molecule has 2 aromatic rings. The van der Waals surface area contributed by atoms with Crippen LogP contribution in [0.25, 0.3) is 11.1 Å². The SMILES string of the molecule is CC(CC(=O)NCc1ccc2ncoc2c1)C(=O)O. The van der Waals surface area contributed by atoms with E-state index in [1.165, 1.54) is 13.3 Å². The second-order valence-corrected chi connectivity index (χ2v) is 4.37. The van der Waals surface area contributed by atoms with Gasteiger partial charge in [-0.05, 0) is 17.7 Å². The summed E-state index contributed by atoms with van der Waals surface area (Å²) in [6.45, 7) is 1.84. The molecule has 0 saturated carbocycles. The average Bonchev–Trinajstić information content (AvgIpc) is 2.83. The van der Waals surface area contributed by atoms with E-state index >= 15 is 0 Å². The van der Waals surface area contributed by atoms with E-state index < -0.39 is 11.9 Å². The summed E-state index contributed by atoms with van der Waals surface area (Å²) in [6.07, 6.45) is 1.33. The van der Waals surface area contributed by atoms with Gasteiger partial charge in [-0.25, -0.2) is 4.98 Å². The summed E-state index contributed by atoms with van der Waals surface area (Å²) in [5.41, 5.74) is 2.29. The van der Waals surface area contributed by atoms with Gasteiger partial charge in [-0.2, -0.15) is 0 Å². The second-order valence-electron chi connectivity index (χ2n) is 4.37. The number of carboxylic acid groups (broad SMARTS) is 1. The van der Waals surface area contributed by atoms with E-state index in [9.17, 15) is 9.59 Å². The Balaban J connectivity index is 1.91. The fourth-order valence-corrected chi connectivity index (χ4v) is 1.65. The number of carbonyl (C=O) groups is 2. The van der Waals surface area contributed by atoms with Crippen LogP contribution in [0.1, 0.15) is 18.9 Å². The number of carbonyl (C=O) groups excluding carboxylic acids is 1. The zero-order valence-corrected chi connectivity index (χ0v) is 10.4. The third kappa shape index (κ3) is 3.31. The lowest BCUT2D eigenvalue weighted by Crippen LogP contribution is -2.26. The molecule has 19 heavy (non-hydrogen) atoms. The zero-order valence-electron chi connectivity index (χ0n) is 10.4. The molecular weight excluding hydrogens is 248 g/mol. The van der Waals surface area contributed by atoms with Gasteiger partial charge in [0.25, 0.3) is 0 Å². The second kappa shape index (κ2) is 5.51. The first-order valence-corrected chi connectivity index (χ1v) is 5.88. The number of aromatic nitrogens is 1. The number of amides is 1. The predicted octanol–water partition coefficient (Wildman–Crippen LogP) is 1.55. The highest BCUT2D eigenvalue weighted by Gasteiger charge is 2.15. The summed E-state index contributed by atoms with van der Waals surface area (Å²) < 4.78 is 5.16. The molecule has 6 heteroatoms. The number of nitrogens with one attached hydrogen (secondary N) is 1. The van der Waals surface area contributed by atoms with Crippen molar-refractivity contribution in [3.63, 3.8) is 0 Å². The molecule has 6 nitrogen and oxygen atoms in total. The number of oxazole rings is 1. The molecule has 0 aliphatic carbocycles. The Morgan fingerprint density at radius 1 is 1.47 bits per heavy atom. The van der Waals surface area contributed by atoms with Crippen LogP contribution in [0.3, 0.4) is 0 Å². The molecule has 0 aliphatic rings. The van der Waals surface area contributed by atoms with Gasteiger partial charge in [0, 0.05) is 13.0 Å². The van der Waals surface area contributed by atoms with E-state index in [2.05, 4.69) is 10.3 Å². The maximum absolute atomic E-state index is 11.5. The Morgan fingerprint density at radius 3 is 3.00 bits per heavy atom. The van der Waals surface area contributed by atoms with Crippen molar-refractivity contribution in [1.82, 2.24) is 10.3 Å². The van der Waals surface area contributed by atoms with Crippen molar-refractivity contribution in [2.45, 2.75) is 19.9 Å². The molecule has 1 atom stereocenters. The van der Waals surface area contributed by atoms with Crippen LogP contribution in [0.15, 0.2) is 29.0 Å². The monoisotopic (exact) mass is 262 g/mol. The molecule has 0 radical (unpaired) electrons. The molecule has 0 spiro atoms. The molecule has 100 valence electrons. The lowest BCUT2D eigenvalue weighted by atomic mass is 10.1. The van der Waals surface area contributed by atoms with E-state index in [1.54, 1.807) is 12.1 Å². The van der Waals surface area contributed by atoms with Gasteiger partial charge in [0.15, 0.2) is 12.0 Å². The van der Waals surface area contributed by atoms with Crippen molar-refractivity contribution in [3.05, 3.63) is 30.2 Å². The minimum atomic E-state index is -0.974. The van der Waals surface area contributed by atoms with Crippen LogP contribution in [0, 0.1) is 5.92 Å². The lowest BCUT2D eigenvalue weighted by molar-refractivity contribution is -0.143. The molecule has 2 rings (SSSR count). The number of nitrogens with zero attached hydrogens (tertiary/aromatic N) is 1. The third-order valence-corrected chi connectivity index (χ3v) is 2.80. The molecule has 2 N–H and O–H groups in total. The van der Waals surface area contributed by atoms with Crippen LogP contribution in [0.5, 0.6) is 0 Å². The van der Waals surface area contributed by atoms with Crippen LogP contribution < -0.4 is 5.32 Å². The van der Waals surface area contributed by atoms with Crippen LogP contribution in [0.2, 0.25) is 0 Å². The lowest BCUT2D eigenvalue weighted by Gasteiger charge is -2.07. The molecular formula is C13H14N2O4. The summed E-state index contributed by atoms with van der Waals surface area (Å²) in [7, 11) is 0. The Hall–Kier alpha value is -2.37. The van der Waals surface area contributed by atoms with Gasteiger partial charge in [-0.15, -0.1) is 0 Å². The maximum Gasteiger partial charge on any atom is 0.306 e. The summed E-state index contributed by atoms with van der Waals surface area (Å²) in [4.78, 5) is 26.2. The van der Waals surface area contributed by atoms with Gasteiger partial charge in [-0.1, -0.05) is 13.0 Å². The predicted molar refractivity (Wildman–Crippen MR) is 67.3 cm³/mol. The van der Waals surface area contributed by atoms with Crippen LogP contribution in [0.4, 0.5) is 0 Å². The normalized spacial score (nSPS) is 12.3. The highest BCUT2D eigenvalue weighted by molar-refractivity contribution is 5.82. The smallest absolute Gasteiger partial charge is 0.306 e. The van der Waals surface area contributed by atoms with Crippen LogP contribution in [-0.4, -0.2) is 22.0 Å². The summed E-state index contributed by atoms with van der Waals surface area (Å²) in [6, 6.07) is 5.44. The van der Waals surface area contributed by atoms with E-state index in [0.29, 0.717) is 12.1 Å². The van der Waals surface area contributed by atoms with Crippen LogP contribution >= 0.6 is 0 Å². The van der Waals surface area contributed by atoms with Gasteiger partial charge in [-0.3, -0.25) is 9.59 Å². The number of carboxylic acids is 1. The summed E-state index contributed by atoms with van der Waals surface area (Å²) in [5, 5.41) is 11.4. The molecule has 0 aliphatic heterocycles. The van der Waals surface area contributed by atoms with Gasteiger partial charge in [0.2, 0.25) is 5.91 Å². The minimum absolute atomic E-state index is 0.0279. The minimum Gasteiger partial charge on any atom is -0.481 e. The Labute approximate surface area is 109 Å². The standard InChI is InChI=1S/C13H14N2O4/c1-8(13(17)18)4-12(16)14-6-9-2-3-10-11(5-9)19-7-15-10/h2-3,5,7-8H,4,6H2,1H3,(H,14,16)(H,17,18). The van der Waals surface area contributed by atoms with Crippen molar-refractivity contribution in [2.24, 2.45) is 5.92 Å². The molecule has 1 aromatic carbocycles. The number of rotatable bonds is 5. The van der Waals surface area contributed by atoms with Crippen molar-refractivity contribution >= 4 is 23.0 Å². The van der Waals surface area contributed by atoms with Crippen molar-refractivity contribution in [1.29, 1.82) is 0 Å². The zero-order chi connectivity index (χ0) is 13.8. The largest absolute Gasteiger partial charge is 0.481 e. The third-order valence-electron chi connectivity index (χ3n) is 2.80. The van der Waals surface area contributed by atoms with E-state index in [-0.39, 0.29) is 12.3 Å².